The van der Waals surface area contributed by atoms with Gasteiger partial charge in [0, 0.05) is 39.6 Å². The second-order valence-electron chi connectivity index (χ2n) is 9.12. The number of likely N-dealkylation sites (tertiary alicyclic amines) is 1. The number of halogens is 2. The topological polar surface area (TPSA) is 98.7 Å². The average Bonchev–Trinajstić information content (AvgIpc) is 3.43. The lowest BCUT2D eigenvalue weighted by atomic mass is 9.70. The zero-order valence-electron chi connectivity index (χ0n) is 18.7. The molecule has 5 rings (SSSR count). The van der Waals surface area contributed by atoms with Crippen molar-refractivity contribution in [3.05, 3.63) is 59.6 Å². The summed E-state index contributed by atoms with van der Waals surface area (Å²) in [6.45, 7) is 0.152. The molecule has 3 heterocycles. The molecule has 184 valence electrons. The minimum absolute atomic E-state index is 0.00769. The van der Waals surface area contributed by atoms with Crippen molar-refractivity contribution in [3.8, 4) is 0 Å². The van der Waals surface area contributed by atoms with Crippen LogP contribution in [-0.2, 0) is 14.4 Å². The molecule has 3 fully saturated rings. The molecule has 0 saturated carbocycles. The number of nitrogens with zero attached hydrogens (tertiary/aromatic N) is 1. The molecule has 7 nitrogen and oxygen atoms in total. The first-order valence-corrected chi connectivity index (χ1v) is 13.7. The van der Waals surface area contributed by atoms with E-state index in [1.165, 1.54) is 0 Å². The minimum Gasteiger partial charge on any atom is -0.396 e. The van der Waals surface area contributed by atoms with Gasteiger partial charge >= 0.3 is 0 Å². The van der Waals surface area contributed by atoms with E-state index in [1.54, 1.807) is 40.9 Å². The predicted octanol–water partition coefficient (Wildman–Crippen LogP) is 3.76. The molecule has 0 radical (unpaired) electrons. The van der Waals surface area contributed by atoms with Crippen LogP contribution in [0.1, 0.15) is 12.8 Å². The van der Waals surface area contributed by atoms with Crippen molar-refractivity contribution >= 4 is 68.4 Å². The quantitative estimate of drug-likeness (QED) is 0.435. The Balaban J connectivity index is 1.48. The molecule has 2 aromatic rings. The molecule has 10 heteroatoms. The van der Waals surface area contributed by atoms with Gasteiger partial charge in [-0.25, -0.2) is 0 Å². The fourth-order valence-corrected chi connectivity index (χ4v) is 9.44. The third-order valence-corrected chi connectivity index (χ3v) is 10.5. The van der Waals surface area contributed by atoms with Crippen LogP contribution < -0.4 is 10.6 Å². The highest BCUT2D eigenvalue weighted by atomic mass is 79.9. The number of fused-ring (bicyclic) bond motifs is 1. The molecule has 0 aliphatic carbocycles. The summed E-state index contributed by atoms with van der Waals surface area (Å²) in [5, 5.41) is 15.8. The molecular weight excluding hydrogens is 554 g/mol. The number of carbonyl (C=O) groups excluding carboxylic acids is 3. The Hall–Kier alpha value is -2.07. The van der Waals surface area contributed by atoms with Gasteiger partial charge in [0.1, 0.15) is 6.04 Å². The number of hydrogen-bond acceptors (Lipinski definition) is 5. The number of nitrogens with one attached hydrogen (secondary N) is 2. The number of rotatable bonds is 7. The molecule has 3 aliphatic heterocycles. The van der Waals surface area contributed by atoms with Gasteiger partial charge in [0.2, 0.25) is 17.7 Å². The average molecular weight is 579 g/mol. The van der Waals surface area contributed by atoms with Crippen LogP contribution >= 0.6 is 39.3 Å². The molecule has 2 aromatic carbocycles. The van der Waals surface area contributed by atoms with E-state index in [0.29, 0.717) is 29.2 Å². The molecule has 0 aromatic heterocycles. The van der Waals surface area contributed by atoms with E-state index in [1.807, 2.05) is 30.3 Å². The molecule has 3 N–H and O–H groups in total. The van der Waals surface area contributed by atoms with Crippen LogP contribution in [0.15, 0.2) is 54.6 Å². The highest BCUT2D eigenvalue weighted by molar-refractivity contribution is 9.09. The van der Waals surface area contributed by atoms with E-state index in [0.717, 1.165) is 0 Å². The lowest BCUT2D eigenvalue weighted by Crippen LogP contribution is -2.52. The number of carbonyl (C=O) groups is 3. The van der Waals surface area contributed by atoms with Gasteiger partial charge in [-0.2, -0.15) is 0 Å². The zero-order valence-corrected chi connectivity index (χ0v) is 21.9. The number of hydrogen-bond donors (Lipinski definition) is 3. The van der Waals surface area contributed by atoms with Gasteiger partial charge in [-0.05, 0) is 49.2 Å². The monoisotopic (exact) mass is 577 g/mol. The molecule has 3 unspecified atom stereocenters. The number of aliphatic hydroxyl groups excluding tert-OH is 1. The largest absolute Gasteiger partial charge is 0.396 e. The molecular formula is C25H25BrClN3O4S. The van der Waals surface area contributed by atoms with Crippen molar-refractivity contribution in [2.45, 2.75) is 33.7 Å². The summed E-state index contributed by atoms with van der Waals surface area (Å²) in [7, 11) is 0. The Morgan fingerprint density at radius 3 is 2.43 bits per heavy atom. The Kier molecular flexibility index (Phi) is 6.87. The van der Waals surface area contributed by atoms with Crippen molar-refractivity contribution in [2.75, 3.05) is 23.8 Å². The van der Waals surface area contributed by atoms with Crippen LogP contribution in [0.3, 0.4) is 0 Å². The number of anilines is 2. The van der Waals surface area contributed by atoms with Gasteiger partial charge < -0.3 is 20.6 Å². The number of para-hydroxylation sites is 1. The second kappa shape index (κ2) is 9.76. The summed E-state index contributed by atoms with van der Waals surface area (Å²) >= 11 is 11.3. The summed E-state index contributed by atoms with van der Waals surface area (Å²) < 4.78 is -0.736. The first kappa shape index (κ1) is 24.6. The van der Waals surface area contributed by atoms with E-state index >= 15 is 0 Å². The Bertz CT molecular complexity index is 1140. The first-order chi connectivity index (χ1) is 16.9. The fourth-order valence-electron chi connectivity index (χ4n) is 5.70. The molecule has 2 bridgehead atoms. The smallest absolute Gasteiger partial charge is 0.248 e. The first-order valence-electron chi connectivity index (χ1n) is 11.5. The number of amides is 3. The number of alkyl halides is 1. The van der Waals surface area contributed by atoms with E-state index in [4.69, 9.17) is 11.6 Å². The summed E-state index contributed by atoms with van der Waals surface area (Å²) in [6, 6.07) is 15.2. The van der Waals surface area contributed by atoms with Crippen molar-refractivity contribution in [2.24, 2.45) is 11.8 Å². The molecule has 3 amide bonds. The third-order valence-electron chi connectivity index (χ3n) is 7.05. The molecule has 3 saturated heterocycles. The summed E-state index contributed by atoms with van der Waals surface area (Å²) in [5.74, 6) is -1.89. The van der Waals surface area contributed by atoms with E-state index in [2.05, 4.69) is 26.6 Å². The Morgan fingerprint density at radius 2 is 1.74 bits per heavy atom. The third kappa shape index (κ3) is 4.26. The maximum atomic E-state index is 13.8. The predicted molar refractivity (Wildman–Crippen MR) is 141 cm³/mol. The van der Waals surface area contributed by atoms with Crippen LogP contribution in [-0.4, -0.2) is 61.7 Å². The minimum atomic E-state index is -0.758. The standard InChI is InChI=1S/C25H25BrClN3O4S/c26-17-13-25-19(18(20(17)35-25)22(32)28-15-5-2-1-3-6-15)24(34)30(11-4-12-31)21(25)23(33)29-16-9-7-14(27)8-10-16/h1-3,5-10,17-21,31H,4,11-13H2,(H,28,32)(H,29,33)/t17?,18-,19+,20-,21?,25?/m1/s1. The van der Waals surface area contributed by atoms with Crippen LogP contribution in [0, 0.1) is 11.8 Å². The summed E-state index contributed by atoms with van der Waals surface area (Å²) in [5.41, 5.74) is 1.25. The maximum Gasteiger partial charge on any atom is 0.248 e. The fraction of sp³-hybridized carbons (Fsp3) is 0.400. The number of benzene rings is 2. The highest BCUT2D eigenvalue weighted by Gasteiger charge is 2.75. The number of aliphatic hydroxyl groups is 1. The molecule has 3 aliphatic rings. The van der Waals surface area contributed by atoms with Crippen LogP contribution in [0.5, 0.6) is 0 Å². The summed E-state index contributed by atoms with van der Waals surface area (Å²) in [6.07, 6.45) is 0.953. The highest BCUT2D eigenvalue weighted by Crippen LogP contribution is 2.67. The van der Waals surface area contributed by atoms with Crippen molar-refractivity contribution in [3.63, 3.8) is 0 Å². The lowest BCUT2D eigenvalue weighted by molar-refractivity contribution is -0.138. The number of thioether (sulfide) groups is 1. The van der Waals surface area contributed by atoms with Crippen LogP contribution in [0.25, 0.3) is 0 Å². The van der Waals surface area contributed by atoms with E-state index < -0.39 is 22.6 Å². The van der Waals surface area contributed by atoms with E-state index in [9.17, 15) is 19.5 Å². The van der Waals surface area contributed by atoms with Gasteiger partial charge in [0.15, 0.2) is 0 Å². The van der Waals surface area contributed by atoms with Gasteiger partial charge in [0.05, 0.1) is 16.6 Å². The SMILES string of the molecule is O=C(Nc1ccc(Cl)cc1)C1N(CCCO)C(=O)[C@@H]2[C@@H](C(=O)Nc3ccccc3)[C@@H]3SC12CC3Br. The van der Waals surface area contributed by atoms with Crippen molar-refractivity contribution < 1.29 is 19.5 Å². The Labute approximate surface area is 221 Å². The van der Waals surface area contributed by atoms with Crippen LogP contribution in [0.4, 0.5) is 11.4 Å². The van der Waals surface area contributed by atoms with Gasteiger partial charge in [-0.3, -0.25) is 14.4 Å². The second-order valence-corrected chi connectivity index (χ2v) is 12.3. The molecule has 35 heavy (non-hydrogen) atoms. The van der Waals surface area contributed by atoms with Crippen LogP contribution in [0.2, 0.25) is 5.02 Å². The molecule has 6 atom stereocenters. The summed E-state index contributed by atoms with van der Waals surface area (Å²) in [4.78, 5) is 42.5. The molecule has 1 spiro atoms. The lowest BCUT2D eigenvalue weighted by Gasteiger charge is -2.35. The van der Waals surface area contributed by atoms with Crippen molar-refractivity contribution in [1.29, 1.82) is 0 Å². The van der Waals surface area contributed by atoms with Gasteiger partial charge in [0.25, 0.3) is 0 Å². The normalized spacial score (nSPS) is 30.9. The zero-order chi connectivity index (χ0) is 24.7. The Morgan fingerprint density at radius 1 is 1.09 bits per heavy atom. The van der Waals surface area contributed by atoms with Gasteiger partial charge in [-0.1, -0.05) is 45.7 Å². The van der Waals surface area contributed by atoms with Crippen molar-refractivity contribution in [1.82, 2.24) is 4.90 Å². The van der Waals surface area contributed by atoms with Gasteiger partial charge in [-0.15, -0.1) is 11.8 Å². The van der Waals surface area contributed by atoms with E-state index in [-0.39, 0.29) is 41.0 Å². The maximum absolute atomic E-state index is 13.8.